The van der Waals surface area contributed by atoms with Gasteiger partial charge in [0, 0.05) is 32.5 Å². The molecule has 2 heterocycles. The predicted octanol–water partition coefficient (Wildman–Crippen LogP) is 2.95. The third-order valence-corrected chi connectivity index (χ3v) is 5.77. The summed E-state index contributed by atoms with van der Waals surface area (Å²) in [5.41, 5.74) is -0.0957. The van der Waals surface area contributed by atoms with E-state index >= 15 is 0 Å². The second kappa shape index (κ2) is 11.1. The SMILES string of the molecule is CN(Cc1ccccc1)C(=O)C[C@@]1(COc2ccc(F)cc2)CN(C(=O)c2ncccn2)CCO1. The van der Waals surface area contributed by atoms with Crippen LogP contribution in [0.25, 0.3) is 0 Å². The van der Waals surface area contributed by atoms with Gasteiger partial charge in [-0.05, 0) is 35.9 Å². The van der Waals surface area contributed by atoms with Crippen molar-refractivity contribution in [2.75, 3.05) is 33.4 Å². The van der Waals surface area contributed by atoms with E-state index in [1.807, 2.05) is 30.3 Å². The van der Waals surface area contributed by atoms with E-state index in [1.165, 1.54) is 36.7 Å². The van der Waals surface area contributed by atoms with Crippen LogP contribution >= 0.6 is 0 Å². The molecule has 1 aromatic heterocycles. The van der Waals surface area contributed by atoms with Gasteiger partial charge in [-0.1, -0.05) is 30.3 Å². The fourth-order valence-corrected chi connectivity index (χ4v) is 3.92. The van der Waals surface area contributed by atoms with Gasteiger partial charge in [-0.15, -0.1) is 0 Å². The fraction of sp³-hybridized carbons (Fsp3) is 0.308. The molecule has 0 bridgehead atoms. The zero-order valence-electron chi connectivity index (χ0n) is 19.5. The Morgan fingerprint density at radius 2 is 1.80 bits per heavy atom. The number of aromatic nitrogens is 2. The van der Waals surface area contributed by atoms with E-state index in [4.69, 9.17) is 9.47 Å². The largest absolute Gasteiger partial charge is 0.490 e. The minimum absolute atomic E-state index is 0.00295. The summed E-state index contributed by atoms with van der Waals surface area (Å²) in [4.78, 5) is 37.6. The van der Waals surface area contributed by atoms with E-state index in [9.17, 15) is 14.0 Å². The van der Waals surface area contributed by atoms with E-state index in [0.29, 0.717) is 18.8 Å². The number of benzene rings is 2. The molecule has 3 aromatic rings. The summed E-state index contributed by atoms with van der Waals surface area (Å²) in [5.74, 6) is -0.352. The molecule has 182 valence electrons. The lowest BCUT2D eigenvalue weighted by Crippen LogP contribution is -2.58. The van der Waals surface area contributed by atoms with E-state index < -0.39 is 5.60 Å². The van der Waals surface area contributed by atoms with Crippen molar-refractivity contribution < 1.29 is 23.5 Å². The maximum Gasteiger partial charge on any atom is 0.291 e. The Bertz CT molecular complexity index is 1130. The molecule has 1 fully saturated rings. The summed E-state index contributed by atoms with van der Waals surface area (Å²) in [6.45, 7) is 1.12. The normalized spacial score (nSPS) is 17.6. The van der Waals surface area contributed by atoms with E-state index in [-0.39, 0.29) is 49.6 Å². The van der Waals surface area contributed by atoms with E-state index in [1.54, 1.807) is 22.9 Å². The van der Waals surface area contributed by atoms with Gasteiger partial charge in [-0.25, -0.2) is 14.4 Å². The highest BCUT2D eigenvalue weighted by Crippen LogP contribution is 2.26. The second-order valence-corrected chi connectivity index (χ2v) is 8.49. The van der Waals surface area contributed by atoms with Crippen LogP contribution in [0.5, 0.6) is 5.75 Å². The molecule has 35 heavy (non-hydrogen) atoms. The standard InChI is InChI=1S/C26H27FN4O4/c1-30(17-20-6-3-2-4-7-20)23(32)16-26(19-34-22-10-8-21(27)9-11-22)18-31(14-15-35-26)25(33)24-28-12-5-13-29-24/h2-13H,14-19H2,1H3/t26-/m0/s1. The molecular weight excluding hydrogens is 451 g/mol. The highest BCUT2D eigenvalue weighted by molar-refractivity contribution is 5.90. The Hall–Kier alpha value is -3.85. The van der Waals surface area contributed by atoms with Crippen LogP contribution in [-0.4, -0.2) is 70.5 Å². The van der Waals surface area contributed by atoms with Crippen LogP contribution in [0.4, 0.5) is 4.39 Å². The molecule has 0 aliphatic carbocycles. The van der Waals surface area contributed by atoms with Gasteiger partial charge >= 0.3 is 0 Å². The van der Waals surface area contributed by atoms with Crippen LogP contribution in [0.2, 0.25) is 0 Å². The molecule has 1 aliphatic rings. The molecule has 8 nitrogen and oxygen atoms in total. The zero-order valence-corrected chi connectivity index (χ0v) is 19.5. The number of ether oxygens (including phenoxy) is 2. The predicted molar refractivity (Wildman–Crippen MR) is 126 cm³/mol. The number of morpholine rings is 1. The summed E-state index contributed by atoms with van der Waals surface area (Å²) in [7, 11) is 1.73. The van der Waals surface area contributed by atoms with Crippen molar-refractivity contribution in [2.24, 2.45) is 0 Å². The molecule has 0 spiro atoms. The van der Waals surface area contributed by atoms with Gasteiger partial charge in [0.15, 0.2) is 0 Å². The number of hydrogen-bond donors (Lipinski definition) is 0. The fourth-order valence-electron chi connectivity index (χ4n) is 3.92. The van der Waals surface area contributed by atoms with Crippen LogP contribution in [0.3, 0.4) is 0 Å². The summed E-state index contributed by atoms with van der Waals surface area (Å²) >= 11 is 0. The third-order valence-electron chi connectivity index (χ3n) is 5.77. The van der Waals surface area contributed by atoms with E-state index in [0.717, 1.165) is 5.56 Å². The lowest BCUT2D eigenvalue weighted by atomic mass is 9.96. The second-order valence-electron chi connectivity index (χ2n) is 8.49. The van der Waals surface area contributed by atoms with Crippen molar-refractivity contribution >= 4 is 11.8 Å². The van der Waals surface area contributed by atoms with Gasteiger partial charge < -0.3 is 19.3 Å². The molecule has 1 saturated heterocycles. The van der Waals surface area contributed by atoms with E-state index in [2.05, 4.69) is 9.97 Å². The molecule has 1 aliphatic heterocycles. The Balaban J connectivity index is 1.51. The van der Waals surface area contributed by atoms with Crippen molar-refractivity contribution in [3.8, 4) is 5.75 Å². The maximum absolute atomic E-state index is 13.3. The summed E-state index contributed by atoms with van der Waals surface area (Å²) < 4.78 is 25.3. The third kappa shape index (κ3) is 6.39. The first-order valence-corrected chi connectivity index (χ1v) is 11.3. The number of rotatable bonds is 8. The van der Waals surface area contributed by atoms with Crippen LogP contribution in [0, 0.1) is 5.82 Å². The molecule has 0 saturated carbocycles. The summed E-state index contributed by atoms with van der Waals surface area (Å²) in [5, 5.41) is 0. The number of hydrogen-bond acceptors (Lipinski definition) is 6. The van der Waals surface area contributed by atoms with Gasteiger partial charge in [0.25, 0.3) is 5.91 Å². The molecular formula is C26H27FN4O4. The lowest BCUT2D eigenvalue weighted by molar-refractivity contribution is -0.152. The molecule has 4 rings (SSSR count). The first-order chi connectivity index (χ1) is 16.9. The molecule has 2 aromatic carbocycles. The Morgan fingerprint density at radius 1 is 1.09 bits per heavy atom. The highest BCUT2D eigenvalue weighted by atomic mass is 19.1. The highest BCUT2D eigenvalue weighted by Gasteiger charge is 2.42. The molecule has 9 heteroatoms. The molecule has 0 unspecified atom stereocenters. The average molecular weight is 479 g/mol. The smallest absolute Gasteiger partial charge is 0.291 e. The van der Waals surface area contributed by atoms with Gasteiger partial charge in [-0.2, -0.15) is 0 Å². The molecule has 0 N–H and O–H groups in total. The van der Waals surface area contributed by atoms with Crippen LogP contribution < -0.4 is 4.74 Å². The lowest BCUT2D eigenvalue weighted by Gasteiger charge is -2.42. The number of nitrogens with zero attached hydrogens (tertiary/aromatic N) is 4. The summed E-state index contributed by atoms with van der Waals surface area (Å²) in [6, 6.07) is 16.9. The van der Waals surface area contributed by atoms with Gasteiger partial charge in [0.05, 0.1) is 19.6 Å². The van der Waals surface area contributed by atoms with Gasteiger partial charge in [-0.3, -0.25) is 9.59 Å². The maximum atomic E-state index is 13.3. The van der Waals surface area contributed by atoms with Crippen molar-refractivity contribution in [1.82, 2.24) is 19.8 Å². The molecule has 2 amide bonds. The van der Waals surface area contributed by atoms with Crippen molar-refractivity contribution in [3.05, 3.63) is 90.3 Å². The summed E-state index contributed by atoms with van der Waals surface area (Å²) in [6.07, 6.45) is 3.01. The van der Waals surface area contributed by atoms with Crippen molar-refractivity contribution in [3.63, 3.8) is 0 Å². The average Bonchev–Trinajstić information content (AvgIpc) is 2.89. The number of halogens is 1. The number of amides is 2. The zero-order chi connectivity index (χ0) is 24.7. The Kier molecular flexibility index (Phi) is 7.67. The number of carbonyl (C=O) groups is 2. The minimum Gasteiger partial charge on any atom is -0.490 e. The monoisotopic (exact) mass is 478 g/mol. The quantitative estimate of drug-likeness (QED) is 0.495. The first kappa shape index (κ1) is 24.3. The Morgan fingerprint density at radius 3 is 2.51 bits per heavy atom. The van der Waals surface area contributed by atoms with Crippen molar-refractivity contribution in [2.45, 2.75) is 18.6 Å². The molecule has 1 atom stereocenters. The van der Waals surface area contributed by atoms with Crippen LogP contribution in [0.15, 0.2) is 73.1 Å². The number of carbonyl (C=O) groups excluding carboxylic acids is 2. The minimum atomic E-state index is -1.10. The van der Waals surface area contributed by atoms with Gasteiger partial charge in [0.2, 0.25) is 11.7 Å². The molecule has 0 radical (unpaired) electrons. The van der Waals surface area contributed by atoms with Crippen LogP contribution in [-0.2, 0) is 16.1 Å². The van der Waals surface area contributed by atoms with Crippen molar-refractivity contribution in [1.29, 1.82) is 0 Å². The topological polar surface area (TPSA) is 84.9 Å². The van der Waals surface area contributed by atoms with Crippen LogP contribution in [0.1, 0.15) is 22.6 Å². The van der Waals surface area contributed by atoms with Gasteiger partial charge in [0.1, 0.15) is 23.8 Å². The first-order valence-electron chi connectivity index (χ1n) is 11.3. The Labute approximate surface area is 203 Å².